The average Bonchev–Trinajstić information content (AvgIpc) is 3.00. The SMILES string of the molecule is COc1cc(C(C)NCCCCn2ccnc2)ccc1O. The van der Waals surface area contributed by atoms with Gasteiger partial charge in [-0.1, -0.05) is 6.07 Å². The molecule has 0 radical (unpaired) electrons. The number of aromatic hydroxyl groups is 1. The van der Waals surface area contributed by atoms with Gasteiger partial charge in [-0.25, -0.2) is 4.98 Å². The van der Waals surface area contributed by atoms with Gasteiger partial charge in [-0.15, -0.1) is 0 Å². The van der Waals surface area contributed by atoms with Gasteiger partial charge >= 0.3 is 0 Å². The lowest BCUT2D eigenvalue weighted by molar-refractivity contribution is 0.372. The number of hydrogen-bond acceptors (Lipinski definition) is 4. The maximum atomic E-state index is 9.60. The van der Waals surface area contributed by atoms with E-state index in [0.717, 1.165) is 31.5 Å². The topological polar surface area (TPSA) is 59.3 Å². The number of ether oxygens (including phenoxy) is 1. The number of methoxy groups -OCH3 is 1. The van der Waals surface area contributed by atoms with E-state index in [9.17, 15) is 5.11 Å². The lowest BCUT2D eigenvalue weighted by atomic mass is 10.1. The number of imidazole rings is 1. The average molecular weight is 289 g/mol. The molecule has 1 heterocycles. The molecular weight excluding hydrogens is 266 g/mol. The van der Waals surface area contributed by atoms with E-state index in [1.807, 2.05) is 24.7 Å². The smallest absolute Gasteiger partial charge is 0.160 e. The molecule has 0 amide bonds. The van der Waals surface area contributed by atoms with Crippen LogP contribution in [0.15, 0.2) is 36.9 Å². The molecule has 2 aromatic rings. The van der Waals surface area contributed by atoms with Gasteiger partial charge in [0, 0.05) is 25.0 Å². The second-order valence-corrected chi connectivity index (χ2v) is 5.11. The minimum atomic E-state index is 0.175. The van der Waals surface area contributed by atoms with Gasteiger partial charge in [-0.2, -0.15) is 0 Å². The van der Waals surface area contributed by atoms with Gasteiger partial charge in [-0.3, -0.25) is 0 Å². The summed E-state index contributed by atoms with van der Waals surface area (Å²) in [5.74, 6) is 0.690. The number of hydrogen-bond donors (Lipinski definition) is 2. The van der Waals surface area contributed by atoms with Crippen molar-refractivity contribution in [3.05, 3.63) is 42.5 Å². The maximum absolute atomic E-state index is 9.60. The van der Waals surface area contributed by atoms with E-state index < -0.39 is 0 Å². The number of nitrogens with zero attached hydrogens (tertiary/aromatic N) is 2. The zero-order valence-electron chi connectivity index (χ0n) is 12.6. The summed E-state index contributed by atoms with van der Waals surface area (Å²) in [5, 5.41) is 13.1. The van der Waals surface area contributed by atoms with E-state index in [1.165, 1.54) is 0 Å². The van der Waals surface area contributed by atoms with Crippen LogP contribution in [0.5, 0.6) is 11.5 Å². The van der Waals surface area contributed by atoms with Gasteiger partial charge < -0.3 is 19.7 Å². The fourth-order valence-electron chi connectivity index (χ4n) is 2.24. The summed E-state index contributed by atoms with van der Waals surface area (Å²) in [5.41, 5.74) is 1.11. The van der Waals surface area contributed by atoms with Crippen LogP contribution in [0.1, 0.15) is 31.4 Å². The molecule has 1 atom stereocenters. The number of unbranched alkanes of at least 4 members (excludes halogenated alkanes) is 1. The van der Waals surface area contributed by atoms with Crippen LogP contribution in [-0.2, 0) is 6.54 Å². The Bertz CT molecular complexity index is 540. The van der Waals surface area contributed by atoms with E-state index >= 15 is 0 Å². The number of rotatable bonds is 8. The molecule has 0 aliphatic carbocycles. The Morgan fingerprint density at radius 3 is 2.95 bits per heavy atom. The molecule has 0 spiro atoms. The molecular formula is C16H23N3O2. The third-order valence-corrected chi connectivity index (χ3v) is 3.56. The Morgan fingerprint density at radius 2 is 2.24 bits per heavy atom. The van der Waals surface area contributed by atoms with Crippen LogP contribution in [0.4, 0.5) is 0 Å². The van der Waals surface area contributed by atoms with Crippen molar-refractivity contribution in [3.63, 3.8) is 0 Å². The summed E-state index contributed by atoms with van der Waals surface area (Å²) in [6.45, 7) is 4.07. The molecule has 1 aromatic carbocycles. The van der Waals surface area contributed by atoms with Crippen molar-refractivity contribution in [2.45, 2.75) is 32.4 Å². The molecule has 0 aliphatic heterocycles. The Balaban J connectivity index is 1.72. The summed E-state index contributed by atoms with van der Waals surface area (Å²) < 4.78 is 7.23. The first kappa shape index (κ1) is 15.4. The van der Waals surface area contributed by atoms with Gasteiger partial charge in [-0.05, 0) is 44.0 Å². The molecule has 5 heteroatoms. The van der Waals surface area contributed by atoms with E-state index in [4.69, 9.17) is 4.74 Å². The van der Waals surface area contributed by atoms with Crippen LogP contribution in [0.2, 0.25) is 0 Å². The van der Waals surface area contributed by atoms with Crippen molar-refractivity contribution < 1.29 is 9.84 Å². The highest BCUT2D eigenvalue weighted by molar-refractivity contribution is 5.42. The zero-order chi connectivity index (χ0) is 15.1. The molecule has 2 rings (SSSR count). The monoisotopic (exact) mass is 289 g/mol. The Morgan fingerprint density at radius 1 is 1.38 bits per heavy atom. The highest BCUT2D eigenvalue weighted by Gasteiger charge is 2.08. The maximum Gasteiger partial charge on any atom is 0.160 e. The standard InChI is InChI=1S/C16H23N3O2/c1-13(14-5-6-15(20)16(11-14)21-2)18-7-3-4-9-19-10-8-17-12-19/h5-6,8,10-13,18,20H,3-4,7,9H2,1-2H3. The van der Waals surface area contributed by atoms with Crippen molar-refractivity contribution in [1.82, 2.24) is 14.9 Å². The highest BCUT2D eigenvalue weighted by Crippen LogP contribution is 2.28. The highest BCUT2D eigenvalue weighted by atomic mass is 16.5. The molecule has 114 valence electrons. The van der Waals surface area contributed by atoms with Crippen LogP contribution < -0.4 is 10.1 Å². The largest absolute Gasteiger partial charge is 0.504 e. The second kappa shape index (κ2) is 7.69. The Kier molecular flexibility index (Phi) is 5.63. The summed E-state index contributed by atoms with van der Waals surface area (Å²) in [7, 11) is 1.56. The number of phenols is 1. The van der Waals surface area contributed by atoms with E-state index in [2.05, 4.69) is 21.8 Å². The van der Waals surface area contributed by atoms with Crippen molar-refractivity contribution >= 4 is 0 Å². The lowest BCUT2D eigenvalue weighted by Gasteiger charge is -2.15. The number of aromatic nitrogens is 2. The van der Waals surface area contributed by atoms with Crippen LogP contribution in [0.3, 0.4) is 0 Å². The number of benzene rings is 1. The van der Waals surface area contributed by atoms with E-state index in [0.29, 0.717) is 5.75 Å². The quantitative estimate of drug-likeness (QED) is 0.734. The first-order chi connectivity index (χ1) is 10.2. The van der Waals surface area contributed by atoms with Crippen molar-refractivity contribution in [3.8, 4) is 11.5 Å². The predicted molar refractivity (Wildman–Crippen MR) is 82.5 cm³/mol. The molecule has 1 aromatic heterocycles. The molecule has 0 aliphatic rings. The zero-order valence-corrected chi connectivity index (χ0v) is 12.6. The summed E-state index contributed by atoms with van der Waals surface area (Å²) in [6, 6.07) is 5.69. The van der Waals surface area contributed by atoms with Gasteiger partial charge in [0.15, 0.2) is 11.5 Å². The molecule has 0 saturated heterocycles. The Hall–Kier alpha value is -2.01. The predicted octanol–water partition coefficient (Wildman–Crippen LogP) is 2.73. The van der Waals surface area contributed by atoms with E-state index in [1.54, 1.807) is 19.4 Å². The summed E-state index contributed by atoms with van der Waals surface area (Å²) in [4.78, 5) is 4.03. The van der Waals surface area contributed by atoms with Gasteiger partial charge in [0.25, 0.3) is 0 Å². The molecule has 1 unspecified atom stereocenters. The normalized spacial score (nSPS) is 12.3. The third kappa shape index (κ3) is 4.49. The molecule has 21 heavy (non-hydrogen) atoms. The van der Waals surface area contributed by atoms with Crippen LogP contribution in [0.25, 0.3) is 0 Å². The fourth-order valence-corrected chi connectivity index (χ4v) is 2.24. The van der Waals surface area contributed by atoms with Gasteiger partial charge in [0.1, 0.15) is 0 Å². The second-order valence-electron chi connectivity index (χ2n) is 5.11. The fraction of sp³-hybridized carbons (Fsp3) is 0.438. The van der Waals surface area contributed by atoms with Crippen LogP contribution in [0, 0.1) is 0 Å². The third-order valence-electron chi connectivity index (χ3n) is 3.56. The number of nitrogens with one attached hydrogen (secondary N) is 1. The Labute approximate surface area is 125 Å². The first-order valence-corrected chi connectivity index (χ1v) is 7.26. The summed E-state index contributed by atoms with van der Waals surface area (Å²) >= 11 is 0. The minimum Gasteiger partial charge on any atom is -0.504 e. The van der Waals surface area contributed by atoms with Crippen molar-refractivity contribution in [2.24, 2.45) is 0 Å². The lowest BCUT2D eigenvalue weighted by Crippen LogP contribution is -2.20. The molecule has 5 nitrogen and oxygen atoms in total. The first-order valence-electron chi connectivity index (χ1n) is 7.26. The number of aryl methyl sites for hydroxylation is 1. The molecule has 0 bridgehead atoms. The van der Waals surface area contributed by atoms with Gasteiger partial charge in [0.05, 0.1) is 13.4 Å². The molecule has 2 N–H and O–H groups in total. The van der Waals surface area contributed by atoms with Crippen molar-refractivity contribution in [1.29, 1.82) is 0 Å². The van der Waals surface area contributed by atoms with E-state index in [-0.39, 0.29) is 11.8 Å². The number of phenolic OH excluding ortho intramolecular Hbond substituents is 1. The van der Waals surface area contributed by atoms with Crippen molar-refractivity contribution in [2.75, 3.05) is 13.7 Å². The minimum absolute atomic E-state index is 0.175. The summed E-state index contributed by atoms with van der Waals surface area (Å²) in [6.07, 6.45) is 7.86. The van der Waals surface area contributed by atoms with Crippen LogP contribution in [-0.4, -0.2) is 28.3 Å². The molecule has 0 fully saturated rings. The van der Waals surface area contributed by atoms with Crippen LogP contribution >= 0.6 is 0 Å². The molecule has 0 saturated carbocycles. The van der Waals surface area contributed by atoms with Gasteiger partial charge in [0.2, 0.25) is 0 Å².